The molecule has 1 aliphatic rings. The summed E-state index contributed by atoms with van der Waals surface area (Å²) < 4.78 is 8.21. The van der Waals surface area contributed by atoms with E-state index in [-0.39, 0.29) is 0 Å². The Hall–Kier alpha value is -2.22. The van der Waals surface area contributed by atoms with Crippen LogP contribution >= 0.6 is 0 Å². The van der Waals surface area contributed by atoms with Crippen LogP contribution in [0.1, 0.15) is 35.7 Å². The van der Waals surface area contributed by atoms with Gasteiger partial charge in [-0.05, 0) is 54.5 Å². The van der Waals surface area contributed by atoms with Crippen LogP contribution in [0.25, 0.3) is 10.9 Å². The van der Waals surface area contributed by atoms with Gasteiger partial charge in [0.25, 0.3) is 0 Å². The Morgan fingerprint density at radius 2 is 1.91 bits per heavy atom. The largest absolute Gasteiger partial charge is 0.496 e. The van der Waals surface area contributed by atoms with Gasteiger partial charge in [0.2, 0.25) is 0 Å². The van der Waals surface area contributed by atoms with E-state index >= 15 is 0 Å². The van der Waals surface area contributed by atoms with Crippen molar-refractivity contribution in [1.29, 1.82) is 0 Å². The number of hydrogen-bond donors (Lipinski definition) is 0. The van der Waals surface area contributed by atoms with E-state index in [1.54, 1.807) is 7.11 Å². The summed E-state index contributed by atoms with van der Waals surface area (Å²) in [6.07, 6.45) is 4.67. The number of rotatable bonds is 4. The van der Waals surface area contributed by atoms with E-state index in [4.69, 9.17) is 4.74 Å². The number of benzene rings is 2. The summed E-state index contributed by atoms with van der Waals surface area (Å²) in [6.45, 7) is 3.18. The van der Waals surface area contributed by atoms with E-state index in [2.05, 4.69) is 54.0 Å². The third kappa shape index (κ3) is 2.33. The molecule has 0 radical (unpaired) electrons. The van der Waals surface area contributed by atoms with Crippen LogP contribution < -0.4 is 4.74 Å². The summed E-state index contributed by atoms with van der Waals surface area (Å²) in [5, 5.41) is 1.28. The molecule has 0 fully saturated rings. The molecular weight excluding hydrogens is 282 g/mol. The Morgan fingerprint density at radius 3 is 2.65 bits per heavy atom. The third-order valence-corrected chi connectivity index (χ3v) is 5.07. The van der Waals surface area contributed by atoms with E-state index in [0.29, 0.717) is 0 Å². The highest BCUT2D eigenvalue weighted by atomic mass is 16.5. The van der Waals surface area contributed by atoms with Crippen LogP contribution in [0.2, 0.25) is 0 Å². The van der Waals surface area contributed by atoms with E-state index in [1.165, 1.54) is 52.5 Å². The maximum atomic E-state index is 5.70. The molecule has 0 saturated carbocycles. The molecule has 0 atom stereocenters. The van der Waals surface area contributed by atoms with Gasteiger partial charge in [-0.25, -0.2) is 0 Å². The van der Waals surface area contributed by atoms with Gasteiger partial charge in [-0.15, -0.1) is 0 Å². The van der Waals surface area contributed by atoms with Gasteiger partial charge in [0.05, 0.1) is 12.6 Å². The first-order chi connectivity index (χ1) is 11.3. The summed E-state index contributed by atoms with van der Waals surface area (Å²) in [4.78, 5) is 0. The quantitative estimate of drug-likeness (QED) is 0.678. The summed E-state index contributed by atoms with van der Waals surface area (Å²) in [5.74, 6) is 1.03. The Labute approximate surface area is 137 Å². The minimum absolute atomic E-state index is 0.938. The third-order valence-electron chi connectivity index (χ3n) is 5.07. The van der Waals surface area contributed by atoms with Crippen molar-refractivity contribution in [3.63, 3.8) is 0 Å². The van der Waals surface area contributed by atoms with E-state index in [0.717, 1.165) is 18.7 Å². The van der Waals surface area contributed by atoms with Crippen molar-refractivity contribution in [3.8, 4) is 5.75 Å². The van der Waals surface area contributed by atoms with Gasteiger partial charge in [-0.2, -0.15) is 0 Å². The van der Waals surface area contributed by atoms with Crippen LogP contribution in [-0.4, -0.2) is 11.7 Å². The van der Waals surface area contributed by atoms with Crippen molar-refractivity contribution in [2.75, 3.05) is 7.11 Å². The molecule has 23 heavy (non-hydrogen) atoms. The van der Waals surface area contributed by atoms with E-state index in [1.807, 2.05) is 0 Å². The Kier molecular flexibility index (Phi) is 3.60. The molecule has 2 nitrogen and oxygen atoms in total. The average molecular weight is 305 g/mol. The number of aryl methyl sites for hydroxylation is 3. The molecule has 2 aromatic carbocycles. The Morgan fingerprint density at radius 1 is 1.09 bits per heavy atom. The molecule has 0 saturated heterocycles. The van der Waals surface area contributed by atoms with Gasteiger partial charge in [-0.1, -0.05) is 37.3 Å². The monoisotopic (exact) mass is 305 g/mol. The molecule has 1 heterocycles. The van der Waals surface area contributed by atoms with E-state index in [9.17, 15) is 0 Å². The van der Waals surface area contributed by atoms with Crippen LogP contribution in [0.5, 0.6) is 5.75 Å². The highest BCUT2D eigenvalue weighted by Gasteiger charge is 2.22. The lowest BCUT2D eigenvalue weighted by Gasteiger charge is -2.14. The molecular formula is C21H23NO. The van der Waals surface area contributed by atoms with Gasteiger partial charge < -0.3 is 9.30 Å². The Bertz CT molecular complexity index is 845. The van der Waals surface area contributed by atoms with Gasteiger partial charge in [0.15, 0.2) is 0 Å². The van der Waals surface area contributed by atoms with Crippen molar-refractivity contribution in [2.45, 2.75) is 39.2 Å². The Balaban J connectivity index is 1.96. The molecule has 2 heteroatoms. The highest BCUT2D eigenvalue weighted by Crippen LogP contribution is 2.38. The van der Waals surface area contributed by atoms with Gasteiger partial charge >= 0.3 is 0 Å². The van der Waals surface area contributed by atoms with E-state index < -0.39 is 0 Å². The lowest BCUT2D eigenvalue weighted by atomic mass is 10.1. The first-order valence-electron chi connectivity index (χ1n) is 8.56. The number of nitrogens with zero attached hydrogens (tertiary/aromatic N) is 1. The van der Waals surface area contributed by atoms with Crippen molar-refractivity contribution in [1.82, 2.24) is 4.57 Å². The number of ether oxygens (including phenoxy) is 1. The predicted octanol–water partition coefficient (Wildman–Crippen LogP) is 4.75. The topological polar surface area (TPSA) is 14.2 Å². The standard InChI is InChI=1S/C21H23NO/c1-3-17-13-19-20(23-2)12-16-10-7-11-18(16)21(19)22(17)14-15-8-5-4-6-9-15/h4-6,8-9,12-13H,3,7,10-11,14H2,1-2H3. The molecule has 0 aliphatic heterocycles. The number of methoxy groups -OCH3 is 1. The average Bonchev–Trinajstić information content (AvgIpc) is 3.19. The molecule has 4 rings (SSSR count). The normalized spacial score (nSPS) is 13.5. The summed E-state index contributed by atoms with van der Waals surface area (Å²) >= 11 is 0. The molecule has 1 aromatic heterocycles. The lowest BCUT2D eigenvalue weighted by molar-refractivity contribution is 0.419. The second-order valence-corrected chi connectivity index (χ2v) is 6.39. The molecule has 0 bridgehead atoms. The zero-order valence-corrected chi connectivity index (χ0v) is 13.9. The van der Waals surface area contributed by atoms with Crippen LogP contribution in [0.15, 0.2) is 42.5 Å². The van der Waals surface area contributed by atoms with Crippen molar-refractivity contribution in [2.24, 2.45) is 0 Å². The SMILES string of the molecule is CCc1cc2c(OC)cc3c(c2n1Cc1ccccc1)CCC3. The predicted molar refractivity (Wildman–Crippen MR) is 95.4 cm³/mol. The first kappa shape index (κ1) is 14.4. The fourth-order valence-electron chi connectivity index (χ4n) is 3.96. The zero-order chi connectivity index (χ0) is 15.8. The molecule has 0 N–H and O–H groups in total. The highest BCUT2D eigenvalue weighted by molar-refractivity contribution is 5.92. The molecule has 0 amide bonds. The van der Waals surface area contributed by atoms with Crippen LogP contribution in [0.3, 0.4) is 0 Å². The maximum absolute atomic E-state index is 5.70. The molecule has 0 unspecified atom stereocenters. The summed E-state index contributed by atoms with van der Waals surface area (Å²) in [7, 11) is 1.79. The maximum Gasteiger partial charge on any atom is 0.128 e. The van der Waals surface area contributed by atoms with Crippen molar-refractivity contribution in [3.05, 3.63) is 64.8 Å². The molecule has 3 aromatic rings. The van der Waals surface area contributed by atoms with Gasteiger partial charge in [0, 0.05) is 17.6 Å². The second kappa shape index (κ2) is 5.77. The number of hydrogen-bond acceptors (Lipinski definition) is 1. The van der Waals surface area contributed by atoms with Gasteiger partial charge in [-0.3, -0.25) is 0 Å². The van der Waals surface area contributed by atoms with Crippen molar-refractivity contribution < 1.29 is 4.74 Å². The molecule has 0 spiro atoms. The van der Waals surface area contributed by atoms with Crippen LogP contribution in [-0.2, 0) is 25.8 Å². The summed E-state index contributed by atoms with van der Waals surface area (Å²) in [5.41, 5.74) is 7.16. The van der Waals surface area contributed by atoms with Crippen LogP contribution in [0.4, 0.5) is 0 Å². The zero-order valence-electron chi connectivity index (χ0n) is 13.9. The first-order valence-corrected chi connectivity index (χ1v) is 8.56. The van der Waals surface area contributed by atoms with Crippen LogP contribution in [0, 0.1) is 0 Å². The lowest BCUT2D eigenvalue weighted by Crippen LogP contribution is -2.05. The number of aromatic nitrogens is 1. The molecule has 1 aliphatic carbocycles. The summed E-state index contributed by atoms with van der Waals surface area (Å²) in [6, 6.07) is 15.3. The van der Waals surface area contributed by atoms with Crippen molar-refractivity contribution >= 4 is 10.9 Å². The fourth-order valence-corrected chi connectivity index (χ4v) is 3.96. The minimum Gasteiger partial charge on any atom is -0.496 e. The second-order valence-electron chi connectivity index (χ2n) is 6.39. The molecule has 118 valence electrons. The number of fused-ring (bicyclic) bond motifs is 3. The van der Waals surface area contributed by atoms with Gasteiger partial charge in [0.1, 0.15) is 5.75 Å². The smallest absolute Gasteiger partial charge is 0.128 e. The minimum atomic E-state index is 0.938. The fraction of sp³-hybridized carbons (Fsp3) is 0.333.